The molecule has 5 N–H and O–H groups in total. The number of aliphatic hydroxyl groups is 1. The maximum atomic E-state index is 12.1. The molecule has 2 aromatic heterocycles. The minimum Gasteiger partial charge on any atom is -0.397 e. The number of pyridine rings is 1. The molecule has 0 saturated carbocycles. The largest absolute Gasteiger partial charge is 0.397 e. The zero-order valence-corrected chi connectivity index (χ0v) is 16.0. The Morgan fingerprint density at radius 3 is 2.52 bits per heavy atom. The molecule has 29 heavy (non-hydrogen) atoms. The molecule has 0 aliphatic heterocycles. The quantitative estimate of drug-likeness (QED) is 0.574. The number of amides is 2. The summed E-state index contributed by atoms with van der Waals surface area (Å²) in [5, 5.41) is 14.2. The molecule has 1 atom stereocenters. The first-order chi connectivity index (χ1) is 13.8. The van der Waals surface area contributed by atoms with E-state index in [2.05, 4.69) is 10.1 Å². The maximum absolute atomic E-state index is 12.1. The van der Waals surface area contributed by atoms with Gasteiger partial charge in [0.05, 0.1) is 11.4 Å². The number of nitrogens with two attached hydrogens (primary N) is 2. The average molecular weight is 395 g/mol. The number of hydrogen-bond donors (Lipinski definition) is 3. The van der Waals surface area contributed by atoms with Crippen LogP contribution in [0.15, 0.2) is 47.0 Å². The number of primary amides is 1. The van der Waals surface area contributed by atoms with Gasteiger partial charge in [0.15, 0.2) is 17.6 Å². The van der Waals surface area contributed by atoms with Crippen LogP contribution in [0.3, 0.4) is 0 Å². The first kappa shape index (κ1) is 20.0. The number of aromatic nitrogens is 2. The Bertz CT molecular complexity index is 1060. The zero-order valence-electron chi connectivity index (χ0n) is 16.0. The van der Waals surface area contributed by atoms with Crippen molar-refractivity contribution in [3.05, 3.63) is 53.9 Å². The Balaban J connectivity index is 1.91. The van der Waals surface area contributed by atoms with Crippen LogP contribution in [0.1, 0.15) is 29.3 Å². The van der Waals surface area contributed by atoms with E-state index in [1.165, 1.54) is 11.0 Å². The molecule has 2 amide bonds. The number of likely N-dealkylation sites (N-methyl/N-ethyl adjacent to an activating group) is 1. The van der Waals surface area contributed by atoms with E-state index in [0.29, 0.717) is 29.1 Å². The molecule has 0 aliphatic rings. The van der Waals surface area contributed by atoms with Crippen molar-refractivity contribution in [3.8, 4) is 22.5 Å². The van der Waals surface area contributed by atoms with Crippen molar-refractivity contribution in [1.29, 1.82) is 0 Å². The van der Waals surface area contributed by atoms with E-state index in [4.69, 9.17) is 16.0 Å². The van der Waals surface area contributed by atoms with Crippen LogP contribution in [0.25, 0.3) is 22.5 Å². The fourth-order valence-corrected chi connectivity index (χ4v) is 2.71. The Hall–Kier alpha value is -3.72. The van der Waals surface area contributed by atoms with Gasteiger partial charge in [0.25, 0.3) is 11.8 Å². The molecule has 9 heteroatoms. The Labute approximate surface area is 166 Å². The number of nitrogens with zero attached hydrogens (tertiary/aromatic N) is 3. The molecule has 0 bridgehead atoms. The van der Waals surface area contributed by atoms with Crippen molar-refractivity contribution in [2.45, 2.75) is 13.0 Å². The highest BCUT2D eigenvalue weighted by Crippen LogP contribution is 2.28. The monoisotopic (exact) mass is 395 g/mol. The number of hydrogen-bond acceptors (Lipinski definition) is 7. The van der Waals surface area contributed by atoms with Crippen LogP contribution in [-0.2, 0) is 4.79 Å². The van der Waals surface area contributed by atoms with Crippen LogP contribution in [0.4, 0.5) is 5.69 Å². The fraction of sp³-hybridized carbons (Fsp3) is 0.200. The molecule has 3 rings (SSSR count). The average Bonchev–Trinajstić information content (AvgIpc) is 3.22. The minimum atomic E-state index is -1.43. The smallest absolute Gasteiger partial charge is 0.269 e. The molecule has 1 unspecified atom stereocenters. The molecule has 0 fully saturated rings. The van der Waals surface area contributed by atoms with Crippen molar-refractivity contribution >= 4 is 17.5 Å². The second-order valence-electron chi connectivity index (χ2n) is 6.45. The fourth-order valence-electron chi connectivity index (χ4n) is 2.71. The third-order valence-corrected chi connectivity index (χ3v) is 4.50. The van der Waals surface area contributed by atoms with Gasteiger partial charge in [0.2, 0.25) is 0 Å². The molecule has 2 heterocycles. The van der Waals surface area contributed by atoms with Gasteiger partial charge in [0.1, 0.15) is 5.69 Å². The van der Waals surface area contributed by atoms with Crippen molar-refractivity contribution in [2.24, 2.45) is 5.73 Å². The predicted octanol–water partition coefficient (Wildman–Crippen LogP) is 1.60. The van der Waals surface area contributed by atoms with Crippen molar-refractivity contribution < 1.29 is 19.2 Å². The van der Waals surface area contributed by atoms with Crippen LogP contribution in [0.5, 0.6) is 0 Å². The van der Waals surface area contributed by atoms with Gasteiger partial charge in [-0.15, -0.1) is 0 Å². The Morgan fingerprint density at radius 2 is 1.86 bits per heavy atom. The van der Waals surface area contributed by atoms with E-state index in [1.54, 1.807) is 44.3 Å². The van der Waals surface area contributed by atoms with Crippen molar-refractivity contribution in [3.63, 3.8) is 0 Å². The number of carbonyl (C=O) groups is 2. The highest BCUT2D eigenvalue weighted by atomic mass is 16.5. The number of anilines is 1. The highest BCUT2D eigenvalue weighted by molar-refractivity contribution is 5.96. The summed E-state index contributed by atoms with van der Waals surface area (Å²) in [5.41, 5.74) is 13.6. The molecular weight excluding hydrogens is 374 g/mol. The molecule has 1 aromatic carbocycles. The Kier molecular flexibility index (Phi) is 5.60. The van der Waals surface area contributed by atoms with Gasteiger partial charge in [-0.2, -0.15) is 0 Å². The second kappa shape index (κ2) is 8.11. The van der Waals surface area contributed by atoms with Crippen LogP contribution in [0.2, 0.25) is 0 Å². The first-order valence-electron chi connectivity index (χ1n) is 8.88. The lowest BCUT2D eigenvalue weighted by Gasteiger charge is -2.16. The van der Waals surface area contributed by atoms with Crippen LogP contribution in [-0.4, -0.2) is 45.6 Å². The molecule has 0 spiro atoms. The van der Waals surface area contributed by atoms with Gasteiger partial charge in [0, 0.05) is 30.8 Å². The SMILES string of the molecule is CCN(C)C(=O)C(O)c1cc(-c2cccc(-c3ccc(N)c(C(N)=O)n3)c2)no1. The van der Waals surface area contributed by atoms with E-state index in [1.807, 2.05) is 6.07 Å². The van der Waals surface area contributed by atoms with Gasteiger partial charge < -0.3 is 26.0 Å². The second-order valence-corrected chi connectivity index (χ2v) is 6.45. The van der Waals surface area contributed by atoms with Gasteiger partial charge in [-0.05, 0) is 25.1 Å². The van der Waals surface area contributed by atoms with E-state index in [9.17, 15) is 14.7 Å². The summed E-state index contributed by atoms with van der Waals surface area (Å²) in [4.78, 5) is 29.2. The summed E-state index contributed by atoms with van der Waals surface area (Å²) in [7, 11) is 1.59. The van der Waals surface area contributed by atoms with Gasteiger partial charge in [-0.25, -0.2) is 4.98 Å². The van der Waals surface area contributed by atoms with E-state index in [0.717, 1.165) is 0 Å². The van der Waals surface area contributed by atoms with Crippen LogP contribution in [0, 0.1) is 0 Å². The number of benzene rings is 1. The third-order valence-electron chi connectivity index (χ3n) is 4.50. The molecule has 0 radical (unpaired) electrons. The van der Waals surface area contributed by atoms with E-state index < -0.39 is 17.9 Å². The summed E-state index contributed by atoms with van der Waals surface area (Å²) in [6, 6.07) is 11.9. The highest BCUT2D eigenvalue weighted by Gasteiger charge is 2.25. The van der Waals surface area contributed by atoms with E-state index in [-0.39, 0.29) is 17.1 Å². The standard InChI is InChI=1S/C20H21N5O4/c1-3-25(2)20(28)18(26)16-10-15(24-29-16)12-6-4-5-11(9-12)14-8-7-13(21)17(23-14)19(22)27/h4-10,18,26H,3,21H2,1-2H3,(H2,22,27). The number of nitrogen functional groups attached to an aromatic ring is 1. The summed E-state index contributed by atoms with van der Waals surface area (Å²) >= 11 is 0. The molecular formula is C20H21N5O4. The molecule has 3 aromatic rings. The zero-order chi connectivity index (χ0) is 21.1. The van der Waals surface area contributed by atoms with Gasteiger partial charge >= 0.3 is 0 Å². The molecule has 0 saturated heterocycles. The van der Waals surface area contributed by atoms with Crippen LogP contribution >= 0.6 is 0 Å². The lowest BCUT2D eigenvalue weighted by Crippen LogP contribution is -2.31. The summed E-state index contributed by atoms with van der Waals surface area (Å²) in [5.74, 6) is -1.14. The normalized spacial score (nSPS) is 11.8. The van der Waals surface area contributed by atoms with Gasteiger partial charge in [-0.1, -0.05) is 23.4 Å². The van der Waals surface area contributed by atoms with Crippen molar-refractivity contribution in [2.75, 3.05) is 19.3 Å². The van der Waals surface area contributed by atoms with Crippen LogP contribution < -0.4 is 11.5 Å². The first-order valence-corrected chi connectivity index (χ1v) is 8.88. The number of carbonyl (C=O) groups excluding carboxylic acids is 2. The third kappa shape index (κ3) is 4.09. The maximum Gasteiger partial charge on any atom is 0.269 e. The number of aliphatic hydroxyl groups excluding tert-OH is 1. The predicted molar refractivity (Wildman–Crippen MR) is 106 cm³/mol. The minimum absolute atomic E-state index is 0.00157. The molecule has 0 aliphatic carbocycles. The lowest BCUT2D eigenvalue weighted by molar-refractivity contribution is -0.139. The lowest BCUT2D eigenvalue weighted by atomic mass is 10.0. The Morgan fingerprint density at radius 1 is 1.17 bits per heavy atom. The van der Waals surface area contributed by atoms with Crippen molar-refractivity contribution in [1.82, 2.24) is 15.0 Å². The number of rotatable bonds is 6. The van der Waals surface area contributed by atoms with Gasteiger partial charge in [-0.3, -0.25) is 9.59 Å². The molecule has 9 nitrogen and oxygen atoms in total. The van der Waals surface area contributed by atoms with E-state index >= 15 is 0 Å². The summed E-state index contributed by atoms with van der Waals surface area (Å²) in [6.45, 7) is 2.26. The summed E-state index contributed by atoms with van der Waals surface area (Å²) in [6.07, 6.45) is -1.43. The molecule has 150 valence electrons. The summed E-state index contributed by atoms with van der Waals surface area (Å²) < 4.78 is 5.17. The topological polar surface area (TPSA) is 149 Å².